The Balaban J connectivity index is 1.11. The molecule has 55 heavy (non-hydrogen) atoms. The summed E-state index contributed by atoms with van der Waals surface area (Å²) in [7, 11) is 0. The topological polar surface area (TPSA) is 69.9 Å². The SMILES string of the molecule is c1ccc(-c2nc(-c3ccc4c(c3)oc3ccccc34)nc(-c3cc4oc5c(-n6c7ccccc7c7ccccc76)cccc5c4c4ccccc34)n2)cc1. The van der Waals surface area contributed by atoms with Crippen LogP contribution in [0.25, 0.3) is 116 Å². The Morgan fingerprint density at radius 3 is 1.75 bits per heavy atom. The molecule has 0 saturated heterocycles. The first-order valence-corrected chi connectivity index (χ1v) is 18.4. The number of aromatic nitrogens is 4. The minimum absolute atomic E-state index is 0.564. The second-order valence-corrected chi connectivity index (χ2v) is 13.9. The van der Waals surface area contributed by atoms with Crippen molar-refractivity contribution in [2.75, 3.05) is 0 Å². The molecule has 0 bridgehead atoms. The van der Waals surface area contributed by atoms with Gasteiger partial charge in [0.2, 0.25) is 0 Å². The third-order valence-electron chi connectivity index (χ3n) is 10.9. The Morgan fingerprint density at radius 2 is 0.964 bits per heavy atom. The highest BCUT2D eigenvalue weighted by Gasteiger charge is 2.22. The zero-order valence-electron chi connectivity index (χ0n) is 29.3. The Kier molecular flexibility index (Phi) is 6.24. The van der Waals surface area contributed by atoms with Gasteiger partial charge in [0.25, 0.3) is 0 Å². The van der Waals surface area contributed by atoms with Gasteiger partial charge in [-0.1, -0.05) is 127 Å². The molecule has 256 valence electrons. The molecule has 12 rings (SSSR count). The van der Waals surface area contributed by atoms with E-state index in [1.165, 1.54) is 10.8 Å². The molecule has 0 aliphatic carbocycles. The highest BCUT2D eigenvalue weighted by molar-refractivity contribution is 6.23. The summed E-state index contributed by atoms with van der Waals surface area (Å²) in [6.45, 7) is 0. The third-order valence-corrected chi connectivity index (χ3v) is 10.9. The van der Waals surface area contributed by atoms with Crippen molar-refractivity contribution < 1.29 is 8.83 Å². The van der Waals surface area contributed by atoms with Gasteiger partial charge in [-0.2, -0.15) is 0 Å². The van der Waals surface area contributed by atoms with Gasteiger partial charge >= 0.3 is 0 Å². The number of hydrogen-bond acceptors (Lipinski definition) is 5. The second-order valence-electron chi connectivity index (χ2n) is 13.9. The summed E-state index contributed by atoms with van der Waals surface area (Å²) >= 11 is 0. The van der Waals surface area contributed by atoms with Crippen molar-refractivity contribution in [2.24, 2.45) is 0 Å². The molecule has 4 aromatic heterocycles. The summed E-state index contributed by atoms with van der Waals surface area (Å²) in [5.41, 5.74) is 9.11. The Hall–Kier alpha value is -7.57. The average Bonchev–Trinajstić information content (AvgIpc) is 3.93. The molecular weight excluding hydrogens is 677 g/mol. The van der Waals surface area contributed by atoms with E-state index in [-0.39, 0.29) is 0 Å². The summed E-state index contributed by atoms with van der Waals surface area (Å²) in [4.78, 5) is 15.4. The molecular formula is C49H28N4O2. The zero-order chi connectivity index (χ0) is 36.0. The van der Waals surface area contributed by atoms with Crippen molar-refractivity contribution in [3.63, 3.8) is 0 Å². The molecule has 0 spiro atoms. The maximum absolute atomic E-state index is 6.98. The lowest BCUT2D eigenvalue weighted by molar-refractivity contribution is 0.666. The van der Waals surface area contributed by atoms with E-state index in [9.17, 15) is 0 Å². The van der Waals surface area contributed by atoms with Crippen LogP contribution in [0, 0.1) is 0 Å². The lowest BCUT2D eigenvalue weighted by Crippen LogP contribution is -2.00. The average molecular weight is 705 g/mol. The summed E-state index contributed by atoms with van der Waals surface area (Å²) in [5, 5.41) is 8.76. The summed E-state index contributed by atoms with van der Waals surface area (Å²) < 4.78 is 15.6. The van der Waals surface area contributed by atoms with E-state index in [0.29, 0.717) is 17.5 Å². The molecule has 8 aromatic carbocycles. The summed E-state index contributed by atoms with van der Waals surface area (Å²) in [6.07, 6.45) is 0. The van der Waals surface area contributed by atoms with Crippen molar-refractivity contribution in [2.45, 2.75) is 0 Å². The van der Waals surface area contributed by atoms with Crippen LogP contribution in [0.15, 0.2) is 179 Å². The van der Waals surface area contributed by atoms with E-state index >= 15 is 0 Å². The van der Waals surface area contributed by atoms with Crippen molar-refractivity contribution in [1.29, 1.82) is 0 Å². The van der Waals surface area contributed by atoms with Crippen LogP contribution in [0.5, 0.6) is 0 Å². The van der Waals surface area contributed by atoms with Gasteiger partial charge in [-0.3, -0.25) is 0 Å². The maximum Gasteiger partial charge on any atom is 0.164 e. The predicted octanol–water partition coefficient (Wildman–Crippen LogP) is 12.9. The third kappa shape index (κ3) is 4.46. The first-order valence-electron chi connectivity index (χ1n) is 18.4. The zero-order valence-corrected chi connectivity index (χ0v) is 29.3. The number of rotatable bonds is 4. The van der Waals surface area contributed by atoms with Crippen molar-refractivity contribution in [1.82, 2.24) is 19.5 Å². The molecule has 0 saturated carbocycles. The van der Waals surface area contributed by atoms with Gasteiger partial charge in [-0.25, -0.2) is 15.0 Å². The number of hydrogen-bond donors (Lipinski definition) is 0. The van der Waals surface area contributed by atoms with Crippen LogP contribution >= 0.6 is 0 Å². The first-order chi connectivity index (χ1) is 27.3. The number of benzene rings is 8. The molecule has 0 radical (unpaired) electrons. The van der Waals surface area contributed by atoms with E-state index in [0.717, 1.165) is 88.1 Å². The lowest BCUT2D eigenvalue weighted by Gasteiger charge is -2.11. The Labute approximate surface area is 313 Å². The largest absolute Gasteiger partial charge is 0.456 e. The van der Waals surface area contributed by atoms with Gasteiger partial charge in [0.05, 0.1) is 16.7 Å². The first kappa shape index (κ1) is 29.9. The van der Waals surface area contributed by atoms with Crippen molar-refractivity contribution in [3.8, 4) is 39.9 Å². The Morgan fingerprint density at radius 1 is 0.364 bits per heavy atom. The normalized spacial score (nSPS) is 12.0. The Bertz CT molecular complexity index is 3450. The van der Waals surface area contributed by atoms with Crippen molar-refractivity contribution in [3.05, 3.63) is 170 Å². The summed E-state index contributed by atoms with van der Waals surface area (Å²) in [5.74, 6) is 1.72. The molecule has 0 unspecified atom stereocenters. The van der Waals surface area contributed by atoms with Crippen LogP contribution in [-0.2, 0) is 0 Å². The van der Waals surface area contributed by atoms with Crippen LogP contribution in [0.3, 0.4) is 0 Å². The maximum atomic E-state index is 6.98. The highest BCUT2D eigenvalue weighted by atomic mass is 16.3. The molecule has 6 heteroatoms. The van der Waals surface area contributed by atoms with Gasteiger partial charge in [0.15, 0.2) is 23.1 Å². The predicted molar refractivity (Wildman–Crippen MR) is 223 cm³/mol. The van der Waals surface area contributed by atoms with Gasteiger partial charge in [-0.15, -0.1) is 0 Å². The fourth-order valence-electron chi connectivity index (χ4n) is 8.40. The van der Waals surface area contributed by atoms with E-state index in [4.69, 9.17) is 23.8 Å². The van der Waals surface area contributed by atoms with E-state index in [1.54, 1.807) is 0 Å². The second kappa shape index (κ2) is 11.5. The van der Waals surface area contributed by atoms with Crippen molar-refractivity contribution >= 4 is 76.5 Å². The van der Waals surface area contributed by atoms with Gasteiger partial charge < -0.3 is 13.4 Å². The van der Waals surface area contributed by atoms with Gasteiger partial charge in [0, 0.05) is 49.0 Å². The standard InChI is InChI=1S/C49H28N4O2/c1-2-13-29(14-3-1)47-50-48(30-25-26-35-34-18-8-11-24-42(34)54-43(35)27-30)52-49(51-47)38-28-44-45(36-19-5-4-15-31(36)38)37-20-12-23-41(46(37)55-44)53-39-21-9-6-16-32(39)33-17-7-10-22-40(33)53/h1-28H. The number of furan rings is 2. The molecule has 12 aromatic rings. The molecule has 0 aliphatic rings. The van der Waals surface area contributed by atoms with Crippen LogP contribution in [0.2, 0.25) is 0 Å². The summed E-state index contributed by atoms with van der Waals surface area (Å²) in [6, 6.07) is 58.5. The minimum atomic E-state index is 0.564. The highest BCUT2D eigenvalue weighted by Crippen LogP contribution is 2.43. The number of fused-ring (bicyclic) bond motifs is 11. The van der Waals surface area contributed by atoms with E-state index in [1.807, 2.05) is 54.6 Å². The van der Waals surface area contributed by atoms with Gasteiger partial charge in [-0.05, 0) is 53.2 Å². The molecule has 0 aliphatic heterocycles. The van der Waals surface area contributed by atoms with Crippen LogP contribution in [0.1, 0.15) is 0 Å². The smallest absolute Gasteiger partial charge is 0.164 e. The molecule has 0 amide bonds. The van der Waals surface area contributed by atoms with E-state index in [2.05, 4.69) is 120 Å². The fourth-order valence-corrected chi connectivity index (χ4v) is 8.40. The molecule has 6 nitrogen and oxygen atoms in total. The molecule has 0 N–H and O–H groups in total. The van der Waals surface area contributed by atoms with Crippen LogP contribution < -0.4 is 0 Å². The number of para-hydroxylation sites is 4. The van der Waals surface area contributed by atoms with Crippen LogP contribution in [-0.4, -0.2) is 19.5 Å². The fraction of sp³-hybridized carbons (Fsp3) is 0. The van der Waals surface area contributed by atoms with Crippen LogP contribution in [0.4, 0.5) is 0 Å². The van der Waals surface area contributed by atoms with E-state index < -0.39 is 0 Å². The molecule has 0 atom stereocenters. The molecule has 4 heterocycles. The minimum Gasteiger partial charge on any atom is -0.456 e. The number of nitrogens with zero attached hydrogens (tertiary/aromatic N) is 4. The lowest BCUT2D eigenvalue weighted by atomic mass is 9.98. The quantitative estimate of drug-likeness (QED) is 0.182. The monoisotopic (exact) mass is 704 g/mol. The molecule has 0 fully saturated rings. The van der Waals surface area contributed by atoms with Gasteiger partial charge in [0.1, 0.15) is 16.7 Å².